The van der Waals surface area contributed by atoms with Gasteiger partial charge in [-0.2, -0.15) is 0 Å². The highest BCUT2D eigenvalue weighted by Crippen LogP contribution is 2.24. The number of anilines is 1. The molecule has 0 saturated carbocycles. The predicted octanol–water partition coefficient (Wildman–Crippen LogP) is 3.76. The standard InChI is InChI=1S/C14H13BrFNO2/c1-18-14-5-2-9(6-13(14)17)8-19-10-3-4-11(15)12(16)7-10/h2-7H,8,17H2,1H3. The Morgan fingerprint density at radius 1 is 1.21 bits per heavy atom. The molecule has 0 spiro atoms. The fourth-order valence-corrected chi connectivity index (χ4v) is 1.85. The van der Waals surface area contributed by atoms with E-state index in [0.29, 0.717) is 28.3 Å². The maximum absolute atomic E-state index is 13.3. The summed E-state index contributed by atoms with van der Waals surface area (Å²) in [4.78, 5) is 0. The molecular weight excluding hydrogens is 313 g/mol. The molecule has 0 aromatic heterocycles. The molecule has 0 heterocycles. The van der Waals surface area contributed by atoms with Crippen LogP contribution >= 0.6 is 15.9 Å². The second-order valence-corrected chi connectivity index (χ2v) is 4.80. The number of nitrogens with two attached hydrogens (primary N) is 1. The summed E-state index contributed by atoms with van der Waals surface area (Å²) in [5.74, 6) is 0.736. The largest absolute Gasteiger partial charge is 0.495 e. The van der Waals surface area contributed by atoms with E-state index >= 15 is 0 Å². The Morgan fingerprint density at radius 3 is 2.63 bits per heavy atom. The minimum atomic E-state index is -0.355. The first-order chi connectivity index (χ1) is 9.10. The van der Waals surface area contributed by atoms with Crippen LogP contribution in [-0.2, 0) is 6.61 Å². The lowest BCUT2D eigenvalue weighted by molar-refractivity contribution is 0.304. The summed E-state index contributed by atoms with van der Waals surface area (Å²) in [5, 5.41) is 0. The van der Waals surface area contributed by atoms with Crippen molar-refractivity contribution in [2.75, 3.05) is 12.8 Å². The molecule has 0 radical (unpaired) electrons. The van der Waals surface area contributed by atoms with Gasteiger partial charge in [-0.3, -0.25) is 0 Å². The Kier molecular flexibility index (Phi) is 4.27. The monoisotopic (exact) mass is 325 g/mol. The molecule has 0 aliphatic carbocycles. The van der Waals surface area contributed by atoms with Crippen LogP contribution < -0.4 is 15.2 Å². The molecule has 0 aliphatic heterocycles. The van der Waals surface area contributed by atoms with Crippen LogP contribution in [0.25, 0.3) is 0 Å². The van der Waals surface area contributed by atoms with Gasteiger partial charge in [0, 0.05) is 6.07 Å². The third kappa shape index (κ3) is 3.38. The van der Waals surface area contributed by atoms with Crippen LogP contribution in [-0.4, -0.2) is 7.11 Å². The molecule has 3 nitrogen and oxygen atoms in total. The zero-order valence-electron chi connectivity index (χ0n) is 10.3. The van der Waals surface area contributed by atoms with Crippen molar-refractivity contribution in [2.45, 2.75) is 6.61 Å². The van der Waals surface area contributed by atoms with Gasteiger partial charge in [0.1, 0.15) is 23.9 Å². The van der Waals surface area contributed by atoms with E-state index < -0.39 is 0 Å². The van der Waals surface area contributed by atoms with Crippen molar-refractivity contribution in [1.82, 2.24) is 0 Å². The number of nitrogen functional groups attached to an aromatic ring is 1. The SMILES string of the molecule is COc1ccc(COc2ccc(Br)c(F)c2)cc1N. The zero-order chi connectivity index (χ0) is 13.8. The molecule has 0 amide bonds. The molecule has 2 N–H and O–H groups in total. The molecule has 2 rings (SSSR count). The molecule has 19 heavy (non-hydrogen) atoms. The van der Waals surface area contributed by atoms with Gasteiger partial charge in [0.15, 0.2) is 0 Å². The van der Waals surface area contributed by atoms with Gasteiger partial charge in [0.2, 0.25) is 0 Å². The maximum atomic E-state index is 13.3. The quantitative estimate of drug-likeness (QED) is 0.870. The zero-order valence-corrected chi connectivity index (χ0v) is 11.9. The number of hydrogen-bond acceptors (Lipinski definition) is 3. The highest BCUT2D eigenvalue weighted by Gasteiger charge is 2.04. The van der Waals surface area contributed by atoms with E-state index in [2.05, 4.69) is 15.9 Å². The average molecular weight is 326 g/mol. The number of halogens is 2. The second-order valence-electron chi connectivity index (χ2n) is 3.94. The third-order valence-corrected chi connectivity index (χ3v) is 3.23. The van der Waals surface area contributed by atoms with Gasteiger partial charge in [-0.1, -0.05) is 6.07 Å². The summed E-state index contributed by atoms with van der Waals surface area (Å²) in [5.41, 5.74) is 7.24. The normalized spacial score (nSPS) is 10.3. The van der Waals surface area contributed by atoms with E-state index in [1.807, 2.05) is 6.07 Å². The van der Waals surface area contributed by atoms with Gasteiger partial charge >= 0.3 is 0 Å². The Hall–Kier alpha value is -1.75. The lowest BCUT2D eigenvalue weighted by Crippen LogP contribution is -1.99. The van der Waals surface area contributed by atoms with Gasteiger partial charge in [0.25, 0.3) is 0 Å². The van der Waals surface area contributed by atoms with Crippen LogP contribution in [0.2, 0.25) is 0 Å². The summed E-state index contributed by atoms with van der Waals surface area (Å²) in [7, 11) is 1.56. The van der Waals surface area contributed by atoms with E-state index in [-0.39, 0.29) is 5.82 Å². The van der Waals surface area contributed by atoms with Crippen LogP contribution in [0, 0.1) is 5.82 Å². The summed E-state index contributed by atoms with van der Waals surface area (Å²) in [6.07, 6.45) is 0. The smallest absolute Gasteiger partial charge is 0.141 e. The van der Waals surface area contributed by atoms with E-state index in [9.17, 15) is 4.39 Å². The molecular formula is C14H13BrFNO2. The van der Waals surface area contributed by atoms with Crippen molar-refractivity contribution in [1.29, 1.82) is 0 Å². The Morgan fingerprint density at radius 2 is 2.00 bits per heavy atom. The first-order valence-corrected chi connectivity index (χ1v) is 6.39. The van der Waals surface area contributed by atoms with E-state index in [0.717, 1.165) is 5.56 Å². The summed E-state index contributed by atoms with van der Waals surface area (Å²) in [6.45, 7) is 0.315. The van der Waals surface area contributed by atoms with Gasteiger partial charge in [0.05, 0.1) is 17.3 Å². The first-order valence-electron chi connectivity index (χ1n) is 5.60. The van der Waals surface area contributed by atoms with Crippen LogP contribution in [0.3, 0.4) is 0 Å². The maximum Gasteiger partial charge on any atom is 0.141 e. The fourth-order valence-electron chi connectivity index (χ4n) is 1.61. The Labute approximate surface area is 119 Å². The second kappa shape index (κ2) is 5.93. The molecule has 100 valence electrons. The highest BCUT2D eigenvalue weighted by atomic mass is 79.9. The van der Waals surface area contributed by atoms with Crippen molar-refractivity contribution >= 4 is 21.6 Å². The number of ether oxygens (including phenoxy) is 2. The Balaban J connectivity index is 2.05. The summed E-state index contributed by atoms with van der Waals surface area (Å²) < 4.78 is 24.3. The highest BCUT2D eigenvalue weighted by molar-refractivity contribution is 9.10. The van der Waals surface area contributed by atoms with E-state index in [1.165, 1.54) is 6.07 Å². The predicted molar refractivity (Wildman–Crippen MR) is 75.8 cm³/mol. The molecule has 0 bridgehead atoms. The summed E-state index contributed by atoms with van der Waals surface area (Å²) >= 11 is 3.09. The molecule has 0 aliphatic rings. The minimum Gasteiger partial charge on any atom is -0.495 e. The van der Waals surface area contributed by atoms with Gasteiger partial charge in [-0.25, -0.2) is 4.39 Å². The Bertz CT molecular complexity index is 590. The van der Waals surface area contributed by atoms with Gasteiger partial charge in [-0.15, -0.1) is 0 Å². The van der Waals surface area contributed by atoms with E-state index in [1.54, 1.807) is 31.4 Å². The van der Waals surface area contributed by atoms with Crippen molar-refractivity contribution in [2.24, 2.45) is 0 Å². The molecule has 0 atom stereocenters. The van der Waals surface area contributed by atoms with E-state index in [4.69, 9.17) is 15.2 Å². The van der Waals surface area contributed by atoms with Crippen molar-refractivity contribution in [3.05, 3.63) is 52.3 Å². The number of hydrogen-bond donors (Lipinski definition) is 1. The van der Waals surface area contributed by atoms with Crippen molar-refractivity contribution in [3.8, 4) is 11.5 Å². The van der Waals surface area contributed by atoms with Crippen LogP contribution in [0.4, 0.5) is 10.1 Å². The molecule has 0 fully saturated rings. The molecule has 0 unspecified atom stereocenters. The minimum absolute atomic E-state index is 0.315. The average Bonchev–Trinajstić information content (AvgIpc) is 2.40. The lowest BCUT2D eigenvalue weighted by atomic mass is 10.2. The van der Waals surface area contributed by atoms with Crippen LogP contribution in [0.15, 0.2) is 40.9 Å². The van der Waals surface area contributed by atoms with Crippen molar-refractivity contribution in [3.63, 3.8) is 0 Å². The lowest BCUT2D eigenvalue weighted by Gasteiger charge is -2.09. The number of methoxy groups -OCH3 is 1. The first kappa shape index (κ1) is 13.7. The molecule has 5 heteroatoms. The van der Waals surface area contributed by atoms with Gasteiger partial charge in [-0.05, 0) is 45.8 Å². The number of benzene rings is 2. The fraction of sp³-hybridized carbons (Fsp3) is 0.143. The molecule has 2 aromatic rings. The number of rotatable bonds is 4. The molecule has 2 aromatic carbocycles. The van der Waals surface area contributed by atoms with Gasteiger partial charge < -0.3 is 15.2 Å². The topological polar surface area (TPSA) is 44.5 Å². The van der Waals surface area contributed by atoms with Crippen LogP contribution in [0.5, 0.6) is 11.5 Å². The summed E-state index contributed by atoms with van der Waals surface area (Å²) in [6, 6.07) is 10.0. The van der Waals surface area contributed by atoms with Crippen molar-refractivity contribution < 1.29 is 13.9 Å². The third-order valence-electron chi connectivity index (χ3n) is 2.59. The van der Waals surface area contributed by atoms with Crippen LogP contribution in [0.1, 0.15) is 5.56 Å². The molecule has 0 saturated heterocycles.